The van der Waals surface area contributed by atoms with Crippen LogP contribution in [0.2, 0.25) is 0 Å². The monoisotopic (exact) mass is 492 g/mol. The summed E-state index contributed by atoms with van der Waals surface area (Å²) in [4.78, 5) is 38.8. The van der Waals surface area contributed by atoms with Crippen LogP contribution in [0.4, 0.5) is 0 Å². The topological polar surface area (TPSA) is 105 Å². The SMILES string of the molecule is CC(CO)NC(=O)CC1CC=CCCC(Cc2ccccc2)C(=O)OCC(c2ccccc2)NC1=O. The van der Waals surface area contributed by atoms with E-state index < -0.39 is 12.0 Å². The van der Waals surface area contributed by atoms with Crippen LogP contribution in [0.15, 0.2) is 72.8 Å². The third-order valence-corrected chi connectivity index (χ3v) is 6.32. The first-order valence-corrected chi connectivity index (χ1v) is 12.6. The number of hydrogen-bond acceptors (Lipinski definition) is 5. The highest BCUT2D eigenvalue weighted by Gasteiger charge is 2.27. The van der Waals surface area contributed by atoms with Crippen molar-refractivity contribution in [2.45, 2.75) is 51.1 Å². The standard InChI is InChI=1S/C29H36N2O5/c1-21(19-32)30-27(33)18-24-15-9-4-10-16-25(17-22-11-5-2-6-12-22)29(35)36-20-26(31-28(24)34)23-13-7-3-8-14-23/h2-9,11-14,21,24-26,32H,10,15-20H2,1H3,(H,30,33)(H,31,34). The van der Waals surface area contributed by atoms with Gasteiger partial charge in [0.2, 0.25) is 11.8 Å². The number of carbonyl (C=O) groups excluding carboxylic acids is 3. The van der Waals surface area contributed by atoms with Crippen molar-refractivity contribution in [3.63, 3.8) is 0 Å². The maximum Gasteiger partial charge on any atom is 0.309 e. The molecular formula is C29H36N2O5. The van der Waals surface area contributed by atoms with Crippen molar-refractivity contribution >= 4 is 17.8 Å². The maximum absolute atomic E-state index is 13.3. The van der Waals surface area contributed by atoms with Crippen LogP contribution in [0.5, 0.6) is 0 Å². The zero-order chi connectivity index (χ0) is 25.8. The van der Waals surface area contributed by atoms with Crippen molar-refractivity contribution in [3.05, 3.63) is 83.9 Å². The summed E-state index contributed by atoms with van der Waals surface area (Å²) < 4.78 is 5.75. The molecule has 4 atom stereocenters. The van der Waals surface area contributed by atoms with E-state index in [1.807, 2.05) is 72.8 Å². The molecule has 1 aliphatic rings. The normalized spacial score (nSPS) is 22.2. The highest BCUT2D eigenvalue weighted by molar-refractivity contribution is 5.86. The smallest absolute Gasteiger partial charge is 0.309 e. The summed E-state index contributed by atoms with van der Waals surface area (Å²) in [5.74, 6) is -1.74. The van der Waals surface area contributed by atoms with E-state index in [4.69, 9.17) is 4.74 Å². The molecule has 1 aliphatic heterocycles. The Hall–Kier alpha value is -3.45. The highest BCUT2D eigenvalue weighted by Crippen LogP contribution is 2.22. The molecule has 0 aromatic heterocycles. The van der Waals surface area contributed by atoms with E-state index >= 15 is 0 Å². The van der Waals surface area contributed by atoms with E-state index in [-0.39, 0.29) is 49.4 Å². The number of carbonyl (C=O) groups is 3. The first kappa shape index (κ1) is 27.1. The molecule has 0 saturated carbocycles. The Labute approximate surface area is 212 Å². The van der Waals surface area contributed by atoms with E-state index in [1.165, 1.54) is 0 Å². The van der Waals surface area contributed by atoms with Crippen LogP contribution < -0.4 is 10.6 Å². The van der Waals surface area contributed by atoms with E-state index in [0.717, 1.165) is 11.1 Å². The second-order valence-electron chi connectivity index (χ2n) is 9.33. The van der Waals surface area contributed by atoms with E-state index in [9.17, 15) is 19.5 Å². The van der Waals surface area contributed by atoms with Crippen molar-refractivity contribution in [2.24, 2.45) is 11.8 Å². The highest BCUT2D eigenvalue weighted by atomic mass is 16.5. The van der Waals surface area contributed by atoms with Gasteiger partial charge in [0.15, 0.2) is 0 Å². The molecule has 7 heteroatoms. The Morgan fingerprint density at radius 2 is 1.75 bits per heavy atom. The van der Waals surface area contributed by atoms with Gasteiger partial charge in [0.25, 0.3) is 0 Å². The van der Waals surface area contributed by atoms with Crippen LogP contribution in [0, 0.1) is 11.8 Å². The lowest BCUT2D eigenvalue weighted by Crippen LogP contribution is -2.41. The summed E-state index contributed by atoms with van der Waals surface area (Å²) in [6.07, 6.45) is 6.14. The van der Waals surface area contributed by atoms with Gasteiger partial charge in [0, 0.05) is 12.5 Å². The van der Waals surface area contributed by atoms with Gasteiger partial charge in [-0.25, -0.2) is 0 Å². The number of aliphatic hydroxyl groups excluding tert-OH is 1. The number of allylic oxidation sites excluding steroid dienone is 2. The molecule has 2 aromatic carbocycles. The van der Waals surface area contributed by atoms with Crippen LogP contribution in [-0.4, -0.2) is 42.1 Å². The van der Waals surface area contributed by atoms with Gasteiger partial charge in [-0.15, -0.1) is 0 Å². The fourth-order valence-electron chi connectivity index (χ4n) is 4.24. The van der Waals surface area contributed by atoms with Gasteiger partial charge in [-0.2, -0.15) is 0 Å². The summed E-state index contributed by atoms with van der Waals surface area (Å²) in [5, 5.41) is 14.9. The van der Waals surface area contributed by atoms with Gasteiger partial charge < -0.3 is 20.5 Å². The predicted octanol–water partition coefficient (Wildman–Crippen LogP) is 3.49. The Balaban J connectivity index is 1.80. The fourth-order valence-corrected chi connectivity index (χ4v) is 4.24. The molecule has 4 unspecified atom stereocenters. The Kier molecular flexibility index (Phi) is 10.7. The van der Waals surface area contributed by atoms with Gasteiger partial charge in [0.1, 0.15) is 6.61 Å². The largest absolute Gasteiger partial charge is 0.463 e. The Bertz CT molecular complexity index is 1010. The summed E-state index contributed by atoms with van der Waals surface area (Å²) in [5.41, 5.74) is 1.89. The average Bonchev–Trinajstić information content (AvgIpc) is 2.90. The van der Waals surface area contributed by atoms with Crippen molar-refractivity contribution in [1.29, 1.82) is 0 Å². The zero-order valence-electron chi connectivity index (χ0n) is 20.8. The molecule has 7 nitrogen and oxygen atoms in total. The van der Waals surface area contributed by atoms with Crippen molar-refractivity contribution in [3.8, 4) is 0 Å². The van der Waals surface area contributed by atoms with Crippen LogP contribution in [0.25, 0.3) is 0 Å². The Morgan fingerprint density at radius 1 is 1.06 bits per heavy atom. The van der Waals surface area contributed by atoms with Crippen LogP contribution in [-0.2, 0) is 25.5 Å². The molecule has 0 bridgehead atoms. The average molecular weight is 493 g/mol. The number of cyclic esters (lactones) is 1. The molecular weight excluding hydrogens is 456 g/mol. The Morgan fingerprint density at radius 3 is 2.44 bits per heavy atom. The quantitative estimate of drug-likeness (QED) is 0.405. The van der Waals surface area contributed by atoms with E-state index in [2.05, 4.69) is 10.6 Å². The van der Waals surface area contributed by atoms with Crippen LogP contribution >= 0.6 is 0 Å². The van der Waals surface area contributed by atoms with Crippen LogP contribution in [0.1, 0.15) is 49.8 Å². The van der Waals surface area contributed by atoms with E-state index in [0.29, 0.717) is 25.7 Å². The first-order chi connectivity index (χ1) is 17.5. The molecule has 3 rings (SSSR count). The molecule has 36 heavy (non-hydrogen) atoms. The molecule has 0 aliphatic carbocycles. The minimum Gasteiger partial charge on any atom is -0.463 e. The molecule has 0 spiro atoms. The number of aliphatic hydroxyl groups is 1. The molecule has 0 saturated heterocycles. The molecule has 192 valence electrons. The molecule has 0 fully saturated rings. The predicted molar refractivity (Wildman–Crippen MR) is 138 cm³/mol. The van der Waals surface area contributed by atoms with Crippen molar-refractivity contribution < 1.29 is 24.2 Å². The number of rotatable bonds is 7. The third kappa shape index (κ3) is 8.64. The number of amides is 2. The number of ether oxygens (including phenoxy) is 1. The molecule has 3 N–H and O–H groups in total. The van der Waals surface area contributed by atoms with E-state index in [1.54, 1.807) is 6.92 Å². The molecule has 2 amide bonds. The summed E-state index contributed by atoms with van der Waals surface area (Å²) in [6.45, 7) is 1.54. The second kappa shape index (κ2) is 14.2. The number of nitrogens with one attached hydrogen (secondary N) is 2. The minimum atomic E-state index is -0.588. The lowest BCUT2D eigenvalue weighted by atomic mass is 9.94. The molecule has 0 radical (unpaired) electrons. The fraction of sp³-hybridized carbons (Fsp3) is 0.414. The lowest BCUT2D eigenvalue weighted by Gasteiger charge is -2.24. The van der Waals surface area contributed by atoms with Gasteiger partial charge in [-0.1, -0.05) is 72.8 Å². The summed E-state index contributed by atoms with van der Waals surface area (Å²) >= 11 is 0. The number of hydrogen-bond donors (Lipinski definition) is 3. The van der Waals surface area contributed by atoms with Crippen molar-refractivity contribution in [1.82, 2.24) is 10.6 Å². The zero-order valence-corrected chi connectivity index (χ0v) is 20.8. The number of benzene rings is 2. The first-order valence-electron chi connectivity index (χ1n) is 12.6. The molecule has 1 heterocycles. The van der Waals surface area contributed by atoms with Gasteiger partial charge in [-0.3, -0.25) is 14.4 Å². The second-order valence-corrected chi connectivity index (χ2v) is 9.33. The van der Waals surface area contributed by atoms with Gasteiger partial charge in [0.05, 0.1) is 24.5 Å². The minimum absolute atomic E-state index is 0.00154. The van der Waals surface area contributed by atoms with Gasteiger partial charge >= 0.3 is 5.97 Å². The van der Waals surface area contributed by atoms with Crippen molar-refractivity contribution in [2.75, 3.05) is 13.2 Å². The van der Waals surface area contributed by atoms with Gasteiger partial charge in [-0.05, 0) is 43.7 Å². The summed E-state index contributed by atoms with van der Waals surface area (Å²) in [7, 11) is 0. The maximum atomic E-state index is 13.3. The number of esters is 1. The lowest BCUT2D eigenvalue weighted by molar-refractivity contribution is -0.150. The summed E-state index contributed by atoms with van der Waals surface area (Å²) in [6, 6.07) is 18.3. The van der Waals surface area contributed by atoms with Crippen LogP contribution in [0.3, 0.4) is 0 Å². The third-order valence-electron chi connectivity index (χ3n) is 6.32. The molecule has 2 aromatic rings.